The van der Waals surface area contributed by atoms with E-state index in [9.17, 15) is 4.79 Å². The van der Waals surface area contributed by atoms with Crippen LogP contribution < -0.4 is 10.3 Å². The molecule has 1 atom stereocenters. The number of hydrogen-bond acceptors (Lipinski definition) is 5. The van der Waals surface area contributed by atoms with Gasteiger partial charge in [0.15, 0.2) is 0 Å². The molecule has 0 aromatic carbocycles. The van der Waals surface area contributed by atoms with Gasteiger partial charge in [0.05, 0.1) is 16.1 Å². The third kappa shape index (κ3) is 4.01. The lowest BCUT2D eigenvalue weighted by atomic mass is 9.90. The van der Waals surface area contributed by atoms with Gasteiger partial charge < -0.3 is 4.90 Å². The van der Waals surface area contributed by atoms with Gasteiger partial charge in [-0.25, -0.2) is 5.43 Å². The molecule has 138 valence electrons. The molecule has 0 saturated carbocycles. The summed E-state index contributed by atoms with van der Waals surface area (Å²) in [5.74, 6) is 0.625. The van der Waals surface area contributed by atoms with Crippen LogP contribution >= 0.6 is 22.7 Å². The first-order valence-corrected chi connectivity index (χ1v) is 11.1. The number of amides is 1. The van der Waals surface area contributed by atoms with Crippen molar-refractivity contribution in [2.45, 2.75) is 45.4 Å². The fourth-order valence-corrected chi connectivity index (χ4v) is 5.75. The molecule has 0 bridgehead atoms. The summed E-state index contributed by atoms with van der Waals surface area (Å²) in [6.07, 6.45) is 9.08. The van der Waals surface area contributed by atoms with E-state index in [1.54, 1.807) is 28.9 Å². The Labute approximate surface area is 162 Å². The molecule has 2 aromatic rings. The molecule has 2 aliphatic rings. The van der Waals surface area contributed by atoms with Crippen molar-refractivity contribution < 1.29 is 4.79 Å². The van der Waals surface area contributed by atoms with E-state index in [0.29, 0.717) is 0 Å². The molecular formula is C20H25N3OS2. The number of hydrogen-bond donors (Lipinski definition) is 1. The minimum atomic E-state index is -0.0962. The second-order valence-corrected chi connectivity index (χ2v) is 9.56. The van der Waals surface area contributed by atoms with Crippen molar-refractivity contribution in [1.29, 1.82) is 0 Å². The Kier molecular flexibility index (Phi) is 5.41. The molecule has 1 aliphatic heterocycles. The van der Waals surface area contributed by atoms with Gasteiger partial charge in [-0.05, 0) is 68.2 Å². The Morgan fingerprint density at radius 1 is 1.27 bits per heavy atom. The van der Waals surface area contributed by atoms with Gasteiger partial charge in [-0.1, -0.05) is 6.92 Å². The van der Waals surface area contributed by atoms with Gasteiger partial charge in [-0.2, -0.15) is 5.10 Å². The van der Waals surface area contributed by atoms with Crippen LogP contribution in [0, 0.1) is 5.92 Å². The lowest BCUT2D eigenvalue weighted by Crippen LogP contribution is -2.28. The van der Waals surface area contributed by atoms with Gasteiger partial charge in [0, 0.05) is 22.8 Å². The third-order valence-electron chi connectivity index (χ3n) is 5.19. The predicted molar refractivity (Wildman–Crippen MR) is 111 cm³/mol. The zero-order chi connectivity index (χ0) is 17.9. The van der Waals surface area contributed by atoms with Crippen molar-refractivity contribution in [2.75, 3.05) is 18.0 Å². The molecule has 6 heteroatoms. The van der Waals surface area contributed by atoms with E-state index >= 15 is 0 Å². The summed E-state index contributed by atoms with van der Waals surface area (Å²) in [5, 5.41) is 5.47. The minimum Gasteiger partial charge on any atom is -0.363 e. The number of thiophene rings is 2. The number of carbonyl (C=O) groups excluding carboxylic acids is 1. The first kappa shape index (κ1) is 17.7. The van der Waals surface area contributed by atoms with Gasteiger partial charge in [-0.3, -0.25) is 4.79 Å². The summed E-state index contributed by atoms with van der Waals surface area (Å²) >= 11 is 3.36. The molecule has 3 heterocycles. The van der Waals surface area contributed by atoms with Crippen LogP contribution in [0.1, 0.15) is 57.6 Å². The maximum Gasteiger partial charge on any atom is 0.281 e. The summed E-state index contributed by atoms with van der Waals surface area (Å²) in [6.45, 7) is 4.58. The van der Waals surface area contributed by atoms with E-state index in [2.05, 4.69) is 40.5 Å². The number of nitrogens with zero attached hydrogens (tertiary/aromatic N) is 2. The van der Waals surface area contributed by atoms with Crippen LogP contribution in [-0.4, -0.2) is 25.2 Å². The average Bonchev–Trinajstić information content (AvgIpc) is 3.29. The van der Waals surface area contributed by atoms with Gasteiger partial charge >= 0.3 is 0 Å². The third-order valence-corrected chi connectivity index (χ3v) is 7.51. The summed E-state index contributed by atoms with van der Waals surface area (Å²) in [4.78, 5) is 18.0. The Morgan fingerprint density at radius 3 is 2.96 bits per heavy atom. The molecule has 4 rings (SSSR count). The fraction of sp³-hybridized carbons (Fsp3) is 0.500. The quantitative estimate of drug-likeness (QED) is 0.611. The number of anilines is 1. The van der Waals surface area contributed by atoms with E-state index in [1.807, 2.05) is 0 Å². The highest BCUT2D eigenvalue weighted by atomic mass is 32.1. The Balaban J connectivity index is 1.35. The van der Waals surface area contributed by atoms with Gasteiger partial charge in [-0.15, -0.1) is 22.7 Å². The van der Waals surface area contributed by atoms with E-state index in [1.165, 1.54) is 41.1 Å². The van der Waals surface area contributed by atoms with Crippen LogP contribution in [0.25, 0.3) is 0 Å². The molecule has 0 radical (unpaired) electrons. The summed E-state index contributed by atoms with van der Waals surface area (Å²) in [5.41, 5.74) is 4.04. The number of piperidine rings is 1. The Morgan fingerprint density at radius 2 is 2.12 bits per heavy atom. The van der Waals surface area contributed by atoms with E-state index in [-0.39, 0.29) is 5.91 Å². The van der Waals surface area contributed by atoms with E-state index in [4.69, 9.17) is 0 Å². The molecule has 1 fully saturated rings. The zero-order valence-electron chi connectivity index (χ0n) is 15.2. The number of aryl methyl sites for hydroxylation is 1. The van der Waals surface area contributed by atoms with Crippen molar-refractivity contribution >= 4 is 39.8 Å². The van der Waals surface area contributed by atoms with Crippen LogP contribution in [0.4, 0.5) is 5.00 Å². The summed E-state index contributed by atoms with van der Waals surface area (Å²) in [7, 11) is 0. The molecule has 0 spiro atoms. The normalized spacial score (nSPS) is 20.3. The van der Waals surface area contributed by atoms with Gasteiger partial charge in [0.25, 0.3) is 5.91 Å². The Hall–Kier alpha value is -1.66. The van der Waals surface area contributed by atoms with Crippen LogP contribution in [0.15, 0.2) is 23.3 Å². The summed E-state index contributed by atoms with van der Waals surface area (Å²) in [6, 6.07) is 6.29. The minimum absolute atomic E-state index is 0.0962. The fourth-order valence-electron chi connectivity index (χ4n) is 3.72. The largest absolute Gasteiger partial charge is 0.363 e. The molecule has 0 unspecified atom stereocenters. The molecule has 1 aliphatic carbocycles. The maximum atomic E-state index is 12.4. The monoisotopic (exact) mass is 387 g/mol. The average molecular weight is 388 g/mol. The van der Waals surface area contributed by atoms with Crippen molar-refractivity contribution in [2.24, 2.45) is 11.0 Å². The lowest BCUT2D eigenvalue weighted by molar-refractivity contribution is 0.0959. The predicted octanol–water partition coefficient (Wildman–Crippen LogP) is 4.69. The zero-order valence-corrected chi connectivity index (χ0v) is 16.8. The van der Waals surface area contributed by atoms with E-state index in [0.717, 1.165) is 41.6 Å². The molecular weight excluding hydrogens is 362 g/mol. The van der Waals surface area contributed by atoms with Gasteiger partial charge in [0.1, 0.15) is 0 Å². The topological polar surface area (TPSA) is 44.7 Å². The van der Waals surface area contributed by atoms with Crippen LogP contribution in [0.2, 0.25) is 0 Å². The highest BCUT2D eigenvalue weighted by molar-refractivity contribution is 7.17. The Bertz CT molecular complexity index is 802. The number of fused-ring (bicyclic) bond motifs is 1. The second kappa shape index (κ2) is 7.92. The SMILES string of the molecule is C[C@H]1CCc2sc(C(=O)N/N=C\c3ccc(N4CCCCC4)s3)cc2C1. The number of nitrogens with one attached hydrogen (secondary N) is 1. The summed E-state index contributed by atoms with van der Waals surface area (Å²) < 4.78 is 0. The smallest absolute Gasteiger partial charge is 0.281 e. The van der Waals surface area contributed by atoms with Crippen LogP contribution in [0.5, 0.6) is 0 Å². The standard InChI is InChI=1S/C20H25N3OS2/c1-14-5-7-17-15(11-14)12-18(26-17)20(24)22-21-13-16-6-8-19(25-16)23-9-3-2-4-10-23/h6,8,12-14H,2-5,7,9-11H2,1H3,(H,22,24)/b21-13-/t14-/m0/s1. The van der Waals surface area contributed by atoms with E-state index < -0.39 is 0 Å². The molecule has 4 nitrogen and oxygen atoms in total. The van der Waals surface area contributed by atoms with Crippen molar-refractivity contribution in [3.05, 3.63) is 38.4 Å². The molecule has 1 saturated heterocycles. The van der Waals surface area contributed by atoms with Crippen LogP contribution in [-0.2, 0) is 12.8 Å². The second-order valence-electron chi connectivity index (χ2n) is 7.33. The maximum absolute atomic E-state index is 12.4. The number of rotatable bonds is 4. The molecule has 1 N–H and O–H groups in total. The number of hydrazone groups is 1. The van der Waals surface area contributed by atoms with Crippen molar-refractivity contribution in [3.63, 3.8) is 0 Å². The van der Waals surface area contributed by atoms with Crippen molar-refractivity contribution in [1.82, 2.24) is 5.43 Å². The van der Waals surface area contributed by atoms with Crippen molar-refractivity contribution in [3.8, 4) is 0 Å². The number of carbonyl (C=O) groups is 1. The highest BCUT2D eigenvalue weighted by Crippen LogP contribution is 2.32. The van der Waals surface area contributed by atoms with Crippen LogP contribution in [0.3, 0.4) is 0 Å². The highest BCUT2D eigenvalue weighted by Gasteiger charge is 2.20. The molecule has 2 aromatic heterocycles. The molecule has 1 amide bonds. The van der Waals surface area contributed by atoms with Gasteiger partial charge in [0.2, 0.25) is 0 Å². The molecule has 26 heavy (non-hydrogen) atoms. The first-order chi connectivity index (χ1) is 12.7. The lowest BCUT2D eigenvalue weighted by Gasteiger charge is -2.27. The first-order valence-electron chi connectivity index (χ1n) is 9.49.